The van der Waals surface area contributed by atoms with Crippen molar-refractivity contribution in [1.82, 2.24) is 4.98 Å². The van der Waals surface area contributed by atoms with Gasteiger partial charge in [0.25, 0.3) is 5.69 Å². The zero-order chi connectivity index (χ0) is 16.8. The highest BCUT2D eigenvalue weighted by Crippen LogP contribution is 2.33. The molecule has 0 fully saturated rings. The molecule has 0 bridgehead atoms. The van der Waals surface area contributed by atoms with E-state index in [2.05, 4.69) is 11.9 Å². The maximum absolute atomic E-state index is 11.3. The number of hydrogen-bond donors (Lipinski definition) is 0. The summed E-state index contributed by atoms with van der Waals surface area (Å²) in [5.74, 6) is 0.473. The molecule has 0 unspecified atom stereocenters. The second kappa shape index (κ2) is 7.49. The van der Waals surface area contributed by atoms with Crippen molar-refractivity contribution in [2.24, 2.45) is 0 Å². The molecule has 6 nitrogen and oxygen atoms in total. The van der Waals surface area contributed by atoms with Crippen LogP contribution in [0.3, 0.4) is 0 Å². The predicted octanol–water partition coefficient (Wildman–Crippen LogP) is 3.96. The molecule has 0 saturated carbocycles. The van der Waals surface area contributed by atoms with Crippen LogP contribution < -0.4 is 4.74 Å². The molecular weight excluding hydrogens is 296 g/mol. The van der Waals surface area contributed by atoms with Gasteiger partial charge in [0.05, 0.1) is 22.8 Å². The molecule has 0 amide bonds. The van der Waals surface area contributed by atoms with Gasteiger partial charge in [0.15, 0.2) is 6.29 Å². The molecule has 120 valence electrons. The number of nitrogens with zero attached hydrogens (tertiary/aromatic N) is 2. The number of unbranched alkanes of at least 4 members (excludes halogenated alkanes) is 1. The Kier molecular flexibility index (Phi) is 5.41. The third-order valence-corrected chi connectivity index (χ3v) is 3.37. The molecule has 1 aromatic heterocycles. The van der Waals surface area contributed by atoms with Gasteiger partial charge < -0.3 is 4.74 Å². The second-order valence-electron chi connectivity index (χ2n) is 5.21. The van der Waals surface area contributed by atoms with Crippen molar-refractivity contribution in [2.75, 3.05) is 6.61 Å². The number of pyridine rings is 1. The van der Waals surface area contributed by atoms with E-state index < -0.39 is 4.92 Å². The number of aromatic nitrogens is 1. The highest BCUT2D eigenvalue weighted by atomic mass is 16.6. The number of ether oxygens (including phenoxy) is 1. The van der Waals surface area contributed by atoms with Crippen LogP contribution in [0.2, 0.25) is 0 Å². The average molecular weight is 314 g/mol. The molecule has 1 aromatic carbocycles. The highest BCUT2D eigenvalue weighted by Gasteiger charge is 2.15. The predicted molar refractivity (Wildman–Crippen MR) is 86.9 cm³/mol. The van der Waals surface area contributed by atoms with Gasteiger partial charge in [0.2, 0.25) is 0 Å². The lowest BCUT2D eigenvalue weighted by atomic mass is 10.0. The van der Waals surface area contributed by atoms with Crippen molar-refractivity contribution < 1.29 is 14.5 Å². The molecule has 0 aliphatic rings. The van der Waals surface area contributed by atoms with Crippen molar-refractivity contribution in [3.8, 4) is 17.0 Å². The summed E-state index contributed by atoms with van der Waals surface area (Å²) in [6.07, 6.45) is 3.81. The second-order valence-corrected chi connectivity index (χ2v) is 5.21. The topological polar surface area (TPSA) is 82.3 Å². The average Bonchev–Trinajstić information content (AvgIpc) is 2.55. The number of nitro groups is 1. The summed E-state index contributed by atoms with van der Waals surface area (Å²) < 4.78 is 5.78. The van der Waals surface area contributed by atoms with Gasteiger partial charge in [-0.05, 0) is 37.1 Å². The molecule has 0 aliphatic heterocycles. The summed E-state index contributed by atoms with van der Waals surface area (Å²) >= 11 is 0. The molecule has 0 atom stereocenters. The molecule has 23 heavy (non-hydrogen) atoms. The van der Waals surface area contributed by atoms with Crippen LogP contribution in [-0.2, 0) is 0 Å². The van der Waals surface area contributed by atoms with Crippen LogP contribution in [0.25, 0.3) is 11.3 Å². The zero-order valence-corrected chi connectivity index (χ0v) is 13.1. The Labute approximate surface area is 134 Å². The SMILES string of the molecule is CCCCOc1c(C=O)cc(C)cc1-c1ccc([N+](=O)[O-])cn1. The van der Waals surface area contributed by atoms with Crippen LogP contribution in [0.4, 0.5) is 5.69 Å². The fourth-order valence-electron chi connectivity index (χ4n) is 2.21. The lowest BCUT2D eigenvalue weighted by molar-refractivity contribution is -0.385. The van der Waals surface area contributed by atoms with Crippen LogP contribution in [-0.4, -0.2) is 22.8 Å². The standard InChI is InChI=1S/C17H18N2O4/c1-3-4-7-23-17-13(11-20)8-12(2)9-15(17)16-6-5-14(10-18-16)19(21)22/h5-6,8-11H,3-4,7H2,1-2H3. The van der Waals surface area contributed by atoms with Crippen molar-refractivity contribution >= 4 is 12.0 Å². The third-order valence-electron chi connectivity index (χ3n) is 3.37. The lowest BCUT2D eigenvalue weighted by Crippen LogP contribution is -2.03. The summed E-state index contributed by atoms with van der Waals surface area (Å²) in [5, 5.41) is 10.7. The van der Waals surface area contributed by atoms with Gasteiger partial charge in [-0.3, -0.25) is 14.9 Å². The minimum Gasteiger partial charge on any atom is -0.492 e. The fourth-order valence-corrected chi connectivity index (χ4v) is 2.21. The van der Waals surface area contributed by atoms with Crippen molar-refractivity contribution in [2.45, 2.75) is 26.7 Å². The first-order chi connectivity index (χ1) is 11.1. The summed E-state index contributed by atoms with van der Waals surface area (Å²) in [5.41, 5.74) is 2.47. The summed E-state index contributed by atoms with van der Waals surface area (Å²) in [7, 11) is 0. The fraction of sp³-hybridized carbons (Fsp3) is 0.294. The summed E-state index contributed by atoms with van der Waals surface area (Å²) in [6.45, 7) is 4.43. The normalized spacial score (nSPS) is 10.3. The molecule has 0 aliphatic carbocycles. The third kappa shape index (κ3) is 3.91. The zero-order valence-electron chi connectivity index (χ0n) is 13.1. The quantitative estimate of drug-likeness (QED) is 0.334. The van der Waals surface area contributed by atoms with Gasteiger partial charge in [0, 0.05) is 11.6 Å². The van der Waals surface area contributed by atoms with E-state index in [9.17, 15) is 14.9 Å². The molecular formula is C17H18N2O4. The van der Waals surface area contributed by atoms with E-state index in [-0.39, 0.29) is 5.69 Å². The number of aryl methyl sites for hydroxylation is 1. The van der Waals surface area contributed by atoms with Crippen LogP contribution in [0.1, 0.15) is 35.7 Å². The summed E-state index contributed by atoms with van der Waals surface area (Å²) in [6, 6.07) is 6.57. The maximum atomic E-state index is 11.3. The minimum absolute atomic E-state index is 0.0783. The number of benzene rings is 1. The maximum Gasteiger partial charge on any atom is 0.287 e. The largest absolute Gasteiger partial charge is 0.492 e. The molecule has 0 N–H and O–H groups in total. The van der Waals surface area contributed by atoms with Crippen molar-refractivity contribution in [3.05, 3.63) is 51.7 Å². The van der Waals surface area contributed by atoms with Crippen molar-refractivity contribution in [3.63, 3.8) is 0 Å². The Morgan fingerprint density at radius 2 is 2.13 bits per heavy atom. The van der Waals surface area contributed by atoms with E-state index in [4.69, 9.17) is 4.74 Å². The first kappa shape index (κ1) is 16.6. The Morgan fingerprint density at radius 1 is 1.35 bits per heavy atom. The first-order valence-electron chi connectivity index (χ1n) is 7.40. The van der Waals surface area contributed by atoms with Crippen LogP contribution >= 0.6 is 0 Å². The monoisotopic (exact) mass is 314 g/mol. The molecule has 2 rings (SSSR count). The van der Waals surface area contributed by atoms with Gasteiger partial charge >= 0.3 is 0 Å². The Bertz CT molecular complexity index is 711. The van der Waals surface area contributed by atoms with E-state index in [1.807, 2.05) is 13.0 Å². The summed E-state index contributed by atoms with van der Waals surface area (Å²) in [4.78, 5) is 25.7. The molecule has 0 spiro atoms. The molecule has 2 aromatic rings. The molecule has 6 heteroatoms. The smallest absolute Gasteiger partial charge is 0.287 e. The number of carbonyl (C=O) groups is 1. The van der Waals surface area contributed by atoms with Crippen LogP contribution in [0, 0.1) is 17.0 Å². The Balaban J connectivity index is 2.48. The van der Waals surface area contributed by atoms with Crippen molar-refractivity contribution in [1.29, 1.82) is 0 Å². The van der Waals surface area contributed by atoms with Crippen LogP contribution in [0.15, 0.2) is 30.5 Å². The molecule has 0 radical (unpaired) electrons. The van der Waals surface area contributed by atoms with Gasteiger partial charge in [-0.15, -0.1) is 0 Å². The first-order valence-corrected chi connectivity index (χ1v) is 7.40. The van der Waals surface area contributed by atoms with Gasteiger partial charge in [0.1, 0.15) is 11.9 Å². The van der Waals surface area contributed by atoms with Gasteiger partial charge in [-0.2, -0.15) is 0 Å². The van der Waals surface area contributed by atoms with E-state index in [1.54, 1.807) is 12.1 Å². The number of rotatable bonds is 7. The Hall–Kier alpha value is -2.76. The highest BCUT2D eigenvalue weighted by molar-refractivity contribution is 5.86. The molecule has 0 saturated heterocycles. The van der Waals surface area contributed by atoms with Gasteiger partial charge in [-0.25, -0.2) is 4.98 Å². The Morgan fingerprint density at radius 3 is 2.70 bits per heavy atom. The number of carbonyl (C=O) groups excluding carboxylic acids is 1. The molecule has 1 heterocycles. The van der Waals surface area contributed by atoms with E-state index in [1.165, 1.54) is 12.3 Å². The van der Waals surface area contributed by atoms with E-state index in [0.29, 0.717) is 29.2 Å². The van der Waals surface area contributed by atoms with Crippen LogP contribution in [0.5, 0.6) is 5.75 Å². The number of hydrogen-bond acceptors (Lipinski definition) is 5. The lowest BCUT2D eigenvalue weighted by Gasteiger charge is -2.14. The van der Waals surface area contributed by atoms with Gasteiger partial charge in [-0.1, -0.05) is 13.3 Å². The van der Waals surface area contributed by atoms with E-state index in [0.717, 1.165) is 24.7 Å². The van der Waals surface area contributed by atoms with E-state index >= 15 is 0 Å². The minimum atomic E-state index is -0.497. The number of aldehydes is 1.